The Morgan fingerprint density at radius 1 is 0.854 bits per heavy atom. The number of amides is 6. The Hall–Kier alpha value is -5.07. The fraction of sp³-hybridized carbons (Fsp3) is 0.321. The van der Waals surface area contributed by atoms with Crippen LogP contribution in [0.5, 0.6) is 5.75 Å². The number of aromatic amines is 1. The molecule has 3 atom stereocenters. The lowest BCUT2D eigenvalue weighted by atomic mass is 10.0. The largest absolute Gasteiger partial charge is 0.508 e. The first-order valence-electron chi connectivity index (χ1n) is 13.1. The standard InChI is InChI=1S/C28H35N7O6/c1-16(36)33-24(14-18-15-32-21-6-3-2-5-20(18)21)27(40)34-22(7-4-12-31-28(30)41)26(39)35-23(25(29)38)13-17-8-10-19(37)11-9-17/h2-3,5-6,8-11,15,22-24,32,37H,4,7,12-14H2,1H3,(H2,29,38)(H,33,36)(H,34,40)(H,35,39)(H3,30,31,41). The van der Waals surface area contributed by atoms with Crippen LogP contribution in [-0.2, 0) is 32.0 Å². The van der Waals surface area contributed by atoms with Crippen LogP contribution < -0.4 is 32.7 Å². The van der Waals surface area contributed by atoms with Crippen LogP contribution in [-0.4, -0.2) is 64.4 Å². The van der Waals surface area contributed by atoms with Crippen molar-refractivity contribution in [2.24, 2.45) is 11.5 Å². The molecule has 218 valence electrons. The summed E-state index contributed by atoms with van der Waals surface area (Å²) in [4.78, 5) is 65.1. The van der Waals surface area contributed by atoms with Crippen molar-refractivity contribution in [3.05, 3.63) is 65.9 Å². The number of carbonyl (C=O) groups is 5. The zero-order chi connectivity index (χ0) is 29.9. The molecule has 0 bridgehead atoms. The Bertz CT molecular complexity index is 1390. The number of benzene rings is 2. The number of nitrogens with one attached hydrogen (secondary N) is 5. The number of phenols is 1. The molecule has 2 aromatic carbocycles. The number of fused-ring (bicyclic) bond motifs is 1. The number of hydrogen-bond acceptors (Lipinski definition) is 6. The highest BCUT2D eigenvalue weighted by Gasteiger charge is 2.29. The van der Waals surface area contributed by atoms with Gasteiger partial charge in [0.2, 0.25) is 23.6 Å². The second kappa shape index (κ2) is 14.4. The molecule has 1 aromatic heterocycles. The lowest BCUT2D eigenvalue weighted by Crippen LogP contribution is -2.57. The minimum atomic E-state index is -1.13. The van der Waals surface area contributed by atoms with Gasteiger partial charge in [-0.25, -0.2) is 4.79 Å². The quantitative estimate of drug-likeness (QED) is 0.126. The van der Waals surface area contributed by atoms with Crippen LogP contribution in [0.25, 0.3) is 10.9 Å². The molecule has 0 saturated heterocycles. The number of H-pyrrole nitrogens is 1. The van der Waals surface area contributed by atoms with E-state index < -0.39 is 47.8 Å². The molecule has 13 nitrogen and oxygen atoms in total. The number of primary amides is 2. The van der Waals surface area contributed by atoms with E-state index in [-0.39, 0.29) is 38.0 Å². The third-order valence-corrected chi connectivity index (χ3v) is 6.43. The summed E-state index contributed by atoms with van der Waals surface area (Å²) in [7, 11) is 0. The minimum Gasteiger partial charge on any atom is -0.508 e. The summed E-state index contributed by atoms with van der Waals surface area (Å²) in [5, 5.41) is 20.7. The summed E-state index contributed by atoms with van der Waals surface area (Å²) >= 11 is 0. The van der Waals surface area contributed by atoms with Gasteiger partial charge in [0.1, 0.15) is 23.9 Å². The van der Waals surface area contributed by atoms with Crippen molar-refractivity contribution in [1.82, 2.24) is 26.3 Å². The highest BCUT2D eigenvalue weighted by molar-refractivity contribution is 5.94. The van der Waals surface area contributed by atoms with Gasteiger partial charge < -0.3 is 42.8 Å². The van der Waals surface area contributed by atoms with Gasteiger partial charge in [0.15, 0.2) is 0 Å². The second-order valence-electron chi connectivity index (χ2n) is 9.65. The zero-order valence-electron chi connectivity index (χ0n) is 22.6. The Labute approximate surface area is 236 Å². The molecule has 13 heteroatoms. The molecule has 3 unspecified atom stereocenters. The third kappa shape index (κ3) is 9.27. The first-order chi connectivity index (χ1) is 19.5. The predicted octanol–water partition coefficient (Wildman–Crippen LogP) is 0.0668. The molecule has 3 aromatic rings. The first kappa shape index (κ1) is 30.5. The summed E-state index contributed by atoms with van der Waals surface area (Å²) in [6.07, 6.45) is 2.32. The van der Waals surface area contributed by atoms with Crippen LogP contribution in [0.1, 0.15) is 30.9 Å². The van der Waals surface area contributed by atoms with E-state index in [2.05, 4.69) is 26.3 Å². The fourth-order valence-electron chi connectivity index (χ4n) is 4.40. The van der Waals surface area contributed by atoms with Gasteiger partial charge in [0.25, 0.3) is 0 Å². The molecule has 6 amide bonds. The number of para-hydroxylation sites is 1. The molecule has 41 heavy (non-hydrogen) atoms. The SMILES string of the molecule is CC(=O)NC(Cc1c[nH]c2ccccc12)C(=O)NC(CCCNC(N)=O)C(=O)NC(Cc1ccc(O)cc1)C(N)=O. The van der Waals surface area contributed by atoms with Gasteiger partial charge >= 0.3 is 6.03 Å². The zero-order valence-corrected chi connectivity index (χ0v) is 22.6. The number of carbonyl (C=O) groups excluding carboxylic acids is 5. The summed E-state index contributed by atoms with van der Waals surface area (Å²) in [6.45, 7) is 1.43. The van der Waals surface area contributed by atoms with Gasteiger partial charge in [-0.2, -0.15) is 0 Å². The average Bonchev–Trinajstić information content (AvgIpc) is 3.33. The van der Waals surface area contributed by atoms with Crippen LogP contribution in [0.4, 0.5) is 4.79 Å². The minimum absolute atomic E-state index is 0.0436. The van der Waals surface area contributed by atoms with E-state index >= 15 is 0 Å². The molecule has 0 spiro atoms. The van der Waals surface area contributed by atoms with E-state index in [0.29, 0.717) is 5.56 Å². The second-order valence-corrected chi connectivity index (χ2v) is 9.65. The number of hydrogen-bond donors (Lipinski definition) is 8. The lowest BCUT2D eigenvalue weighted by Gasteiger charge is -2.25. The fourth-order valence-corrected chi connectivity index (χ4v) is 4.40. The van der Waals surface area contributed by atoms with Crippen molar-refractivity contribution in [2.75, 3.05) is 6.54 Å². The molecule has 3 rings (SSSR count). The molecule has 0 saturated carbocycles. The number of aromatic nitrogens is 1. The number of urea groups is 1. The maximum absolute atomic E-state index is 13.4. The van der Waals surface area contributed by atoms with Crippen LogP contribution in [0.15, 0.2) is 54.7 Å². The molecule has 0 aliphatic heterocycles. The molecule has 10 N–H and O–H groups in total. The summed E-state index contributed by atoms with van der Waals surface area (Å²) in [6, 6.07) is 9.62. The highest BCUT2D eigenvalue weighted by Crippen LogP contribution is 2.19. The van der Waals surface area contributed by atoms with Crippen LogP contribution in [0, 0.1) is 0 Å². The summed E-state index contributed by atoms with van der Waals surface area (Å²) in [5.41, 5.74) is 13.0. The van der Waals surface area contributed by atoms with Crippen LogP contribution in [0.3, 0.4) is 0 Å². The first-order valence-corrected chi connectivity index (χ1v) is 13.1. The van der Waals surface area contributed by atoms with Gasteiger partial charge in [-0.15, -0.1) is 0 Å². The smallest absolute Gasteiger partial charge is 0.312 e. The topological polar surface area (TPSA) is 222 Å². The number of rotatable bonds is 14. The Morgan fingerprint density at radius 3 is 2.17 bits per heavy atom. The van der Waals surface area contributed by atoms with Crippen LogP contribution >= 0.6 is 0 Å². The van der Waals surface area contributed by atoms with E-state index in [9.17, 15) is 29.1 Å². The maximum Gasteiger partial charge on any atom is 0.312 e. The monoisotopic (exact) mass is 565 g/mol. The van der Waals surface area contributed by atoms with E-state index in [0.717, 1.165) is 16.5 Å². The molecule has 0 aliphatic carbocycles. The Morgan fingerprint density at radius 2 is 1.51 bits per heavy atom. The maximum atomic E-state index is 13.4. The molecule has 0 aliphatic rings. The van der Waals surface area contributed by atoms with Gasteiger partial charge in [0.05, 0.1) is 0 Å². The van der Waals surface area contributed by atoms with Crippen molar-refractivity contribution >= 4 is 40.6 Å². The molecular formula is C28H35N7O6. The number of aromatic hydroxyl groups is 1. The average molecular weight is 566 g/mol. The summed E-state index contributed by atoms with van der Waals surface area (Å²) in [5.74, 6) is -2.46. The normalized spacial score (nSPS) is 13.0. The lowest BCUT2D eigenvalue weighted by molar-refractivity contribution is -0.133. The predicted molar refractivity (Wildman–Crippen MR) is 151 cm³/mol. The number of nitrogens with two attached hydrogens (primary N) is 2. The molecule has 0 fully saturated rings. The van der Waals surface area contributed by atoms with Gasteiger partial charge in [-0.3, -0.25) is 19.2 Å². The van der Waals surface area contributed by atoms with Crippen molar-refractivity contribution in [3.63, 3.8) is 0 Å². The number of phenolic OH excluding ortho intramolecular Hbond substituents is 1. The highest BCUT2D eigenvalue weighted by atomic mass is 16.3. The van der Waals surface area contributed by atoms with E-state index in [1.54, 1.807) is 18.3 Å². The third-order valence-electron chi connectivity index (χ3n) is 6.43. The van der Waals surface area contributed by atoms with Crippen molar-refractivity contribution in [2.45, 2.75) is 50.7 Å². The van der Waals surface area contributed by atoms with Gasteiger partial charge in [-0.05, 0) is 42.2 Å². The Kier molecular flexibility index (Phi) is 10.7. The van der Waals surface area contributed by atoms with E-state index in [1.165, 1.54) is 19.1 Å². The van der Waals surface area contributed by atoms with Crippen molar-refractivity contribution in [3.8, 4) is 5.75 Å². The van der Waals surface area contributed by atoms with Gasteiger partial charge in [0, 0.05) is 43.4 Å². The molecular weight excluding hydrogens is 530 g/mol. The summed E-state index contributed by atoms with van der Waals surface area (Å²) < 4.78 is 0. The van der Waals surface area contributed by atoms with Crippen molar-refractivity contribution < 1.29 is 29.1 Å². The van der Waals surface area contributed by atoms with Crippen LogP contribution in [0.2, 0.25) is 0 Å². The Balaban J connectivity index is 1.77. The molecule has 0 radical (unpaired) electrons. The van der Waals surface area contributed by atoms with E-state index in [4.69, 9.17) is 11.5 Å². The van der Waals surface area contributed by atoms with Crippen molar-refractivity contribution in [1.29, 1.82) is 0 Å². The molecule has 1 heterocycles. The van der Waals surface area contributed by atoms with E-state index in [1.807, 2.05) is 24.3 Å². The van der Waals surface area contributed by atoms with Gasteiger partial charge in [-0.1, -0.05) is 30.3 Å².